The first-order chi connectivity index (χ1) is 17.3. The lowest BCUT2D eigenvalue weighted by Gasteiger charge is -2.40. The van der Waals surface area contributed by atoms with Crippen LogP contribution in [-0.4, -0.2) is 44.1 Å². The van der Waals surface area contributed by atoms with Gasteiger partial charge in [0, 0.05) is 37.0 Å². The second kappa shape index (κ2) is 9.40. The molecule has 1 aliphatic heterocycles. The quantitative estimate of drug-likeness (QED) is 0.362. The molecule has 1 aromatic carbocycles. The van der Waals surface area contributed by atoms with Crippen molar-refractivity contribution in [3.8, 4) is 6.07 Å². The lowest BCUT2D eigenvalue weighted by molar-refractivity contribution is 0.0691. The first kappa shape index (κ1) is 23.5. The number of aromatic nitrogens is 4. The van der Waals surface area contributed by atoms with Crippen LogP contribution in [0.3, 0.4) is 0 Å². The third kappa shape index (κ3) is 4.39. The lowest BCUT2D eigenvalue weighted by atomic mass is 9.92. The summed E-state index contributed by atoms with van der Waals surface area (Å²) in [6.07, 6.45) is 3.62. The summed E-state index contributed by atoms with van der Waals surface area (Å²) in [6, 6.07) is 12.9. The van der Waals surface area contributed by atoms with Crippen LogP contribution in [0.2, 0.25) is 5.15 Å². The summed E-state index contributed by atoms with van der Waals surface area (Å²) < 4.78 is 0. The van der Waals surface area contributed by atoms with Gasteiger partial charge in [-0.3, -0.25) is 4.98 Å². The Kier molecular flexibility index (Phi) is 6.12. The highest BCUT2D eigenvalue weighted by atomic mass is 35.5. The van der Waals surface area contributed by atoms with Crippen molar-refractivity contribution in [2.45, 2.75) is 25.8 Å². The van der Waals surface area contributed by atoms with Gasteiger partial charge in [-0.15, -0.1) is 0 Å². The van der Waals surface area contributed by atoms with Crippen LogP contribution in [0.4, 0.5) is 11.5 Å². The van der Waals surface area contributed by atoms with Crippen molar-refractivity contribution in [1.29, 1.82) is 5.26 Å². The average Bonchev–Trinajstić information content (AvgIpc) is 2.84. The normalized spacial score (nSPS) is 14.2. The second-order valence-corrected chi connectivity index (χ2v) is 9.21. The van der Waals surface area contributed by atoms with Gasteiger partial charge in [-0.2, -0.15) is 5.26 Å². The molecule has 9 nitrogen and oxygen atoms in total. The maximum Gasteiger partial charge on any atom is 0.356 e. The molecule has 0 spiro atoms. The minimum atomic E-state index is -1.18. The highest BCUT2D eigenvalue weighted by molar-refractivity contribution is 6.29. The summed E-state index contributed by atoms with van der Waals surface area (Å²) in [7, 11) is 0. The van der Waals surface area contributed by atoms with Crippen molar-refractivity contribution in [2.75, 3.05) is 23.3 Å². The molecule has 2 N–H and O–H groups in total. The van der Waals surface area contributed by atoms with E-state index in [2.05, 4.69) is 37.3 Å². The second-order valence-electron chi connectivity index (χ2n) is 8.82. The molecule has 0 radical (unpaired) electrons. The topological polar surface area (TPSA) is 128 Å². The number of benzene rings is 1. The fourth-order valence-corrected chi connectivity index (χ4v) is 4.60. The number of aromatic carboxylic acids is 1. The first-order valence-electron chi connectivity index (χ1n) is 11.4. The Morgan fingerprint density at radius 2 is 2.06 bits per heavy atom. The summed E-state index contributed by atoms with van der Waals surface area (Å²) in [4.78, 5) is 31.4. The molecular weight excluding hydrogens is 478 g/mol. The number of carboxylic acid groups (broad SMARTS) is 1. The van der Waals surface area contributed by atoms with Crippen LogP contribution in [0, 0.1) is 18.3 Å². The van der Waals surface area contributed by atoms with Crippen molar-refractivity contribution in [1.82, 2.24) is 19.9 Å². The molecule has 5 rings (SSSR count). The van der Waals surface area contributed by atoms with Crippen LogP contribution < -0.4 is 10.2 Å². The number of pyridine rings is 2. The number of aryl methyl sites for hydroxylation is 1. The molecule has 3 aromatic heterocycles. The summed E-state index contributed by atoms with van der Waals surface area (Å²) in [5, 5.41) is 22.7. The molecule has 0 saturated carbocycles. The van der Waals surface area contributed by atoms with Crippen molar-refractivity contribution in [3.05, 3.63) is 82.0 Å². The Labute approximate surface area is 212 Å². The van der Waals surface area contributed by atoms with E-state index in [0.717, 1.165) is 16.7 Å². The van der Waals surface area contributed by atoms with Crippen molar-refractivity contribution in [3.63, 3.8) is 0 Å². The van der Waals surface area contributed by atoms with Gasteiger partial charge in [0.25, 0.3) is 0 Å². The highest BCUT2D eigenvalue weighted by Gasteiger charge is 2.32. The lowest BCUT2D eigenvalue weighted by Crippen LogP contribution is -2.46. The maximum absolute atomic E-state index is 11.7. The average molecular weight is 500 g/mol. The standard InChI is InChI=1S/C26H22ClN7O2/c1-14-8-18(15(2)30-19-5-6-22(27)32-24(19)26(35)36)23-20(9-14)31-21(10-28)25(33-23)34-12-17(13-34)16-4-3-7-29-11-16/h3-9,11,15,17,30H,12-13H2,1-2H3,(H,35,36)/t15-/m1/s1. The van der Waals surface area contributed by atoms with Gasteiger partial charge in [-0.25, -0.2) is 19.7 Å². The number of carbonyl (C=O) groups is 1. The van der Waals surface area contributed by atoms with Crippen LogP contribution >= 0.6 is 11.6 Å². The molecule has 0 bridgehead atoms. The van der Waals surface area contributed by atoms with Gasteiger partial charge in [0.05, 0.1) is 22.8 Å². The van der Waals surface area contributed by atoms with E-state index in [0.29, 0.717) is 41.5 Å². The van der Waals surface area contributed by atoms with Crippen LogP contribution in [0.1, 0.15) is 51.8 Å². The SMILES string of the molecule is Cc1cc([C@@H](C)Nc2ccc(Cl)nc2C(=O)O)c2nc(N3CC(c4cccnc4)C3)c(C#N)nc2c1. The summed E-state index contributed by atoms with van der Waals surface area (Å²) in [5.74, 6) is -0.322. The van der Waals surface area contributed by atoms with Gasteiger partial charge in [-0.05, 0) is 49.2 Å². The van der Waals surface area contributed by atoms with E-state index in [-0.39, 0.29) is 22.6 Å². The maximum atomic E-state index is 11.7. The van der Waals surface area contributed by atoms with Crippen LogP contribution in [0.15, 0.2) is 48.8 Å². The van der Waals surface area contributed by atoms with E-state index >= 15 is 0 Å². The predicted molar refractivity (Wildman–Crippen MR) is 136 cm³/mol. The number of nitriles is 1. The van der Waals surface area contributed by atoms with Crippen LogP contribution in [-0.2, 0) is 0 Å². The Morgan fingerprint density at radius 1 is 1.25 bits per heavy atom. The van der Waals surface area contributed by atoms with E-state index in [1.165, 1.54) is 6.07 Å². The molecule has 0 amide bonds. The fourth-order valence-electron chi connectivity index (χ4n) is 4.45. The monoisotopic (exact) mass is 499 g/mol. The number of anilines is 2. The Hall–Kier alpha value is -4.29. The summed E-state index contributed by atoms with van der Waals surface area (Å²) in [5.41, 5.74) is 4.66. The minimum absolute atomic E-state index is 0.102. The molecule has 1 fully saturated rings. The third-order valence-corrected chi connectivity index (χ3v) is 6.48. The number of nitrogens with one attached hydrogen (secondary N) is 1. The van der Waals surface area contributed by atoms with E-state index in [1.54, 1.807) is 12.3 Å². The van der Waals surface area contributed by atoms with Crippen LogP contribution in [0.5, 0.6) is 0 Å². The van der Waals surface area contributed by atoms with Crippen molar-refractivity contribution >= 4 is 40.1 Å². The molecule has 4 aromatic rings. The number of carboxylic acids is 1. The van der Waals surface area contributed by atoms with E-state index < -0.39 is 5.97 Å². The van der Waals surface area contributed by atoms with Gasteiger partial charge in [0.2, 0.25) is 0 Å². The molecular formula is C26H22ClN7O2. The van der Waals surface area contributed by atoms with Crippen molar-refractivity contribution in [2.24, 2.45) is 0 Å². The number of rotatable bonds is 6. The van der Waals surface area contributed by atoms with Crippen molar-refractivity contribution < 1.29 is 9.90 Å². The van der Waals surface area contributed by atoms with Gasteiger partial charge >= 0.3 is 5.97 Å². The van der Waals surface area contributed by atoms with Gasteiger partial charge in [-0.1, -0.05) is 23.7 Å². The van der Waals surface area contributed by atoms with E-state index in [1.807, 2.05) is 38.2 Å². The Bertz CT molecular complexity index is 1510. The zero-order valence-electron chi connectivity index (χ0n) is 19.6. The molecule has 180 valence electrons. The Balaban J connectivity index is 1.51. The van der Waals surface area contributed by atoms with Gasteiger partial charge in [0.15, 0.2) is 17.2 Å². The molecule has 36 heavy (non-hydrogen) atoms. The van der Waals surface area contributed by atoms with Crippen LogP contribution in [0.25, 0.3) is 11.0 Å². The largest absolute Gasteiger partial charge is 0.476 e. The molecule has 1 saturated heterocycles. The van der Waals surface area contributed by atoms with E-state index in [4.69, 9.17) is 16.6 Å². The van der Waals surface area contributed by atoms with Gasteiger partial charge in [0.1, 0.15) is 11.2 Å². The van der Waals surface area contributed by atoms with E-state index in [9.17, 15) is 15.2 Å². The molecule has 1 atom stereocenters. The molecule has 1 aliphatic rings. The highest BCUT2D eigenvalue weighted by Crippen LogP contribution is 2.35. The number of fused-ring (bicyclic) bond motifs is 1. The fraction of sp³-hybridized carbons (Fsp3) is 0.231. The summed E-state index contributed by atoms with van der Waals surface area (Å²) >= 11 is 5.90. The zero-order valence-corrected chi connectivity index (χ0v) is 20.4. The smallest absolute Gasteiger partial charge is 0.356 e. The molecule has 0 unspecified atom stereocenters. The first-order valence-corrected chi connectivity index (χ1v) is 11.8. The van der Waals surface area contributed by atoms with Gasteiger partial charge < -0.3 is 15.3 Å². The Morgan fingerprint density at radius 3 is 2.75 bits per heavy atom. The molecule has 10 heteroatoms. The predicted octanol–water partition coefficient (Wildman–Crippen LogP) is 4.73. The number of nitrogens with zero attached hydrogens (tertiary/aromatic N) is 6. The number of hydrogen-bond donors (Lipinski definition) is 2. The number of halogens is 1. The zero-order chi connectivity index (χ0) is 25.4. The summed E-state index contributed by atoms with van der Waals surface area (Å²) in [6.45, 7) is 5.29. The molecule has 4 heterocycles. The molecule has 0 aliphatic carbocycles. The third-order valence-electron chi connectivity index (χ3n) is 6.27. The number of hydrogen-bond acceptors (Lipinski definition) is 8. The minimum Gasteiger partial charge on any atom is -0.476 e.